The highest BCUT2D eigenvalue weighted by atomic mass is 16.5. The van der Waals surface area contributed by atoms with Crippen LogP contribution in [0.25, 0.3) is 0 Å². The second-order valence-electron chi connectivity index (χ2n) is 20.3. The molecule has 16 unspecified atom stereocenters. The van der Waals surface area contributed by atoms with E-state index in [1.165, 1.54) is 38.5 Å². The van der Waals surface area contributed by atoms with Crippen molar-refractivity contribution in [1.82, 2.24) is 10.6 Å². The van der Waals surface area contributed by atoms with Gasteiger partial charge in [0.15, 0.2) is 5.78 Å². The number of nitrogens with two attached hydrogens (primary N) is 1. The Morgan fingerprint density at radius 2 is 1.69 bits per heavy atom. The van der Waals surface area contributed by atoms with E-state index < -0.39 is 29.8 Å². The topological polar surface area (TPSA) is 174 Å². The van der Waals surface area contributed by atoms with E-state index in [1.807, 2.05) is 0 Å². The first-order valence-corrected chi connectivity index (χ1v) is 23.7. The third-order valence-corrected chi connectivity index (χ3v) is 16.6. The Morgan fingerprint density at radius 3 is 2.47 bits per heavy atom. The number of hydrogen-bond donors (Lipinski definition) is 7. The Bertz CT molecular complexity index is 1460. The molecule has 2 heterocycles. The van der Waals surface area contributed by atoms with Crippen molar-refractivity contribution in [1.29, 1.82) is 0 Å². The number of allylic oxidation sites excluding steroid dienone is 2. The van der Waals surface area contributed by atoms with Gasteiger partial charge in [-0.2, -0.15) is 0 Å². The van der Waals surface area contributed by atoms with Crippen molar-refractivity contribution in [3.05, 3.63) is 12.2 Å². The maximum atomic E-state index is 14.3. The van der Waals surface area contributed by atoms with Gasteiger partial charge in [-0.15, -0.1) is 0 Å². The van der Waals surface area contributed by atoms with Crippen LogP contribution >= 0.6 is 0 Å². The molecule has 0 aromatic rings. The van der Waals surface area contributed by atoms with Gasteiger partial charge in [-0.3, -0.25) is 9.59 Å². The van der Waals surface area contributed by atoms with Gasteiger partial charge in [-0.1, -0.05) is 49.7 Å². The van der Waals surface area contributed by atoms with E-state index >= 15 is 0 Å². The Hall–Kier alpha value is -1.68. The van der Waals surface area contributed by atoms with E-state index in [0.717, 1.165) is 51.6 Å². The fourth-order valence-corrected chi connectivity index (χ4v) is 12.9. The molecule has 5 aliphatic carbocycles. The molecule has 7 rings (SSSR count). The molecule has 8 N–H and O–H groups in total. The number of ether oxygens (including phenoxy) is 1. The van der Waals surface area contributed by atoms with Crippen LogP contribution in [0.1, 0.15) is 141 Å². The molecule has 58 heavy (non-hydrogen) atoms. The Labute approximate surface area is 348 Å². The van der Waals surface area contributed by atoms with Gasteiger partial charge in [-0.05, 0) is 157 Å². The zero-order valence-corrected chi connectivity index (χ0v) is 35.5. The van der Waals surface area contributed by atoms with Crippen molar-refractivity contribution in [2.45, 2.75) is 184 Å². The minimum absolute atomic E-state index is 0.0214. The number of Topliss-reactive ketones (excluding diaryl/α,β-unsaturated/α-hetero) is 2. The molecule has 0 bridgehead atoms. The van der Waals surface area contributed by atoms with E-state index in [2.05, 4.69) is 34.6 Å². The van der Waals surface area contributed by atoms with Crippen LogP contribution in [0.4, 0.5) is 0 Å². The Morgan fingerprint density at radius 1 is 0.897 bits per heavy atom. The Kier molecular flexibility index (Phi) is 15.7. The predicted octanol–water partition coefficient (Wildman–Crippen LogP) is 5.19. The van der Waals surface area contributed by atoms with E-state index in [4.69, 9.17) is 10.5 Å². The molecule has 0 radical (unpaired) electrons. The lowest BCUT2D eigenvalue weighted by atomic mass is 9.64. The fraction of sp³-hybridized carbons (Fsp3) is 0.875. The number of rotatable bonds is 12. The molecule has 0 amide bonds. The highest BCUT2D eigenvalue weighted by Crippen LogP contribution is 2.47. The summed E-state index contributed by atoms with van der Waals surface area (Å²) in [6.07, 6.45) is 19.2. The molecule has 1 spiro atoms. The number of piperidine rings is 2. The maximum absolute atomic E-state index is 14.3. The summed E-state index contributed by atoms with van der Waals surface area (Å²) in [5.74, 6) is 9.49. The van der Waals surface area contributed by atoms with Crippen LogP contribution < -0.4 is 16.4 Å². The number of hydrogen-bond acceptors (Lipinski definition) is 10. The fourth-order valence-electron chi connectivity index (χ4n) is 12.9. The monoisotopic (exact) mass is 808 g/mol. The second-order valence-corrected chi connectivity index (χ2v) is 20.3. The summed E-state index contributed by atoms with van der Waals surface area (Å²) in [5, 5.41) is 53.8. The summed E-state index contributed by atoms with van der Waals surface area (Å²) in [7, 11) is 1.63. The van der Waals surface area contributed by atoms with Crippen LogP contribution in [0.15, 0.2) is 12.2 Å². The molecular weight excluding hydrogens is 731 g/mol. The number of methoxy groups -OCH3 is 1. The van der Waals surface area contributed by atoms with Crippen molar-refractivity contribution in [2.75, 3.05) is 20.2 Å². The first-order chi connectivity index (χ1) is 28.0. The highest BCUT2D eigenvalue weighted by Gasteiger charge is 2.49. The number of nitrogens with one attached hydrogen (secondary N) is 2. The predicted molar refractivity (Wildman–Crippen MR) is 225 cm³/mol. The molecular formula is C48H77N3O7. The lowest BCUT2D eigenvalue weighted by molar-refractivity contribution is -0.135. The average Bonchev–Trinajstić information content (AvgIpc) is 3.27. The summed E-state index contributed by atoms with van der Waals surface area (Å²) in [5.41, 5.74) is 5.22. The summed E-state index contributed by atoms with van der Waals surface area (Å²) < 4.78 is 5.71. The number of aliphatic hydroxyl groups excluding tert-OH is 4. The van der Waals surface area contributed by atoms with Gasteiger partial charge in [0.05, 0.1) is 36.7 Å². The van der Waals surface area contributed by atoms with Crippen molar-refractivity contribution < 1.29 is 34.8 Å². The third kappa shape index (κ3) is 10.8. The van der Waals surface area contributed by atoms with Crippen LogP contribution in [-0.2, 0) is 14.3 Å². The maximum Gasteiger partial charge on any atom is 0.153 e. The molecule has 0 aromatic carbocycles. The van der Waals surface area contributed by atoms with Gasteiger partial charge >= 0.3 is 0 Å². The normalized spacial score (nSPS) is 42.0. The van der Waals surface area contributed by atoms with Crippen LogP contribution in [0, 0.1) is 70.5 Å². The van der Waals surface area contributed by atoms with Crippen molar-refractivity contribution in [3.63, 3.8) is 0 Å². The van der Waals surface area contributed by atoms with Gasteiger partial charge in [0.2, 0.25) is 0 Å². The van der Waals surface area contributed by atoms with E-state index in [1.54, 1.807) is 7.11 Å². The summed E-state index contributed by atoms with van der Waals surface area (Å²) >= 11 is 0. The largest absolute Gasteiger partial charge is 0.391 e. The zero-order chi connectivity index (χ0) is 40.8. The molecule has 0 aromatic heterocycles. The number of ketones is 2. The summed E-state index contributed by atoms with van der Waals surface area (Å²) in [4.78, 5) is 26.3. The SMILES string of the molecule is COC1CC2CCC(=O)C3(C#CC(CC(O)C(O)CC(C=CC4CCCCC4)C4CCNC(N)C4)C2CC1O)CCC(CCC1CNC2CC(=O)CCC2C1)CC3O. The van der Waals surface area contributed by atoms with Crippen LogP contribution in [0.2, 0.25) is 0 Å². The van der Waals surface area contributed by atoms with Crippen LogP contribution in [0.3, 0.4) is 0 Å². The van der Waals surface area contributed by atoms with Gasteiger partial charge in [0.25, 0.3) is 0 Å². The molecule has 326 valence electrons. The average molecular weight is 808 g/mol. The zero-order valence-electron chi connectivity index (χ0n) is 35.5. The number of aliphatic hydroxyl groups is 4. The smallest absolute Gasteiger partial charge is 0.153 e. The lowest BCUT2D eigenvalue weighted by Crippen LogP contribution is -2.49. The standard InChI is InChI=1S/C48H77N3O7/c1-58-44-25-35-12-14-45(56)48(18-15-31(22-46(48)57)7-8-32-21-37-11-13-38(52)27-40(37)51-29-32)19-16-36(39(35)28-43(44)55)24-42(54)41(53)23-33(34-17-20-50-47(49)26-34)10-9-30-5-3-2-4-6-30/h9-10,30-37,39-44,46-47,50-51,53-55,57H,2-8,11-15,17-18,20-29,49H2,1H3. The second kappa shape index (κ2) is 20.5. The number of carbonyl (C=O) groups is 2. The van der Waals surface area contributed by atoms with Crippen molar-refractivity contribution in [3.8, 4) is 11.8 Å². The Balaban J connectivity index is 1.04. The van der Waals surface area contributed by atoms with E-state index in [0.29, 0.717) is 99.2 Å². The first kappa shape index (κ1) is 44.4. The third-order valence-electron chi connectivity index (χ3n) is 16.6. The molecule has 10 heteroatoms. The summed E-state index contributed by atoms with van der Waals surface area (Å²) in [6, 6.07) is 0.339. The van der Waals surface area contributed by atoms with Gasteiger partial charge < -0.3 is 41.5 Å². The van der Waals surface area contributed by atoms with Crippen molar-refractivity contribution >= 4 is 11.6 Å². The highest BCUT2D eigenvalue weighted by molar-refractivity contribution is 5.89. The van der Waals surface area contributed by atoms with Gasteiger partial charge in [0.1, 0.15) is 11.2 Å². The molecule has 10 nitrogen and oxygen atoms in total. The molecule has 2 aliphatic heterocycles. The molecule has 6 fully saturated rings. The lowest BCUT2D eigenvalue weighted by Gasteiger charge is -2.42. The molecule has 4 saturated carbocycles. The number of fused-ring (bicyclic) bond motifs is 2. The summed E-state index contributed by atoms with van der Waals surface area (Å²) in [6.45, 7) is 1.80. The molecule has 2 saturated heterocycles. The van der Waals surface area contributed by atoms with Crippen molar-refractivity contribution in [2.24, 2.45) is 64.4 Å². The molecule has 7 aliphatic rings. The van der Waals surface area contributed by atoms with Gasteiger partial charge in [-0.25, -0.2) is 0 Å². The first-order valence-electron chi connectivity index (χ1n) is 23.7. The number of carbonyl (C=O) groups excluding carboxylic acids is 2. The van der Waals surface area contributed by atoms with Crippen LogP contribution in [-0.4, -0.2) is 94.9 Å². The van der Waals surface area contributed by atoms with E-state index in [9.17, 15) is 30.0 Å². The quantitative estimate of drug-likeness (QED) is 0.103. The van der Waals surface area contributed by atoms with Gasteiger partial charge in [0, 0.05) is 38.3 Å². The minimum Gasteiger partial charge on any atom is -0.391 e. The molecule has 16 atom stereocenters. The minimum atomic E-state index is -1.14. The van der Waals surface area contributed by atoms with Crippen LogP contribution in [0.5, 0.6) is 0 Å². The van der Waals surface area contributed by atoms with E-state index in [-0.39, 0.29) is 48.1 Å².